The molecule has 28 heavy (non-hydrogen) atoms. The van der Waals surface area contributed by atoms with Crippen LogP contribution in [0.3, 0.4) is 0 Å². The summed E-state index contributed by atoms with van der Waals surface area (Å²) in [5, 5.41) is 2.35. The van der Waals surface area contributed by atoms with Gasteiger partial charge >= 0.3 is 0 Å². The smallest absolute Gasteiger partial charge is 0.255 e. The number of carbonyl (C=O) groups excluding carboxylic acids is 3. The Balaban J connectivity index is 1.85. The molecule has 0 spiro atoms. The topological polar surface area (TPSA) is 95.7 Å². The zero-order valence-corrected chi connectivity index (χ0v) is 16.3. The number of amides is 3. The van der Waals surface area contributed by atoms with E-state index in [0.29, 0.717) is 25.1 Å². The number of imide groups is 1. The van der Waals surface area contributed by atoms with Gasteiger partial charge in [-0.25, -0.2) is 0 Å². The summed E-state index contributed by atoms with van der Waals surface area (Å²) in [5.74, 6) is -0.796. The van der Waals surface area contributed by atoms with Gasteiger partial charge in [0.25, 0.3) is 5.91 Å². The lowest BCUT2D eigenvalue weighted by atomic mass is 10.0. The number of anilines is 1. The molecule has 3 N–H and O–H groups in total. The van der Waals surface area contributed by atoms with Crippen LogP contribution in [-0.2, 0) is 16.1 Å². The van der Waals surface area contributed by atoms with E-state index in [1.807, 2.05) is 31.2 Å². The first-order chi connectivity index (χ1) is 13.6. The van der Waals surface area contributed by atoms with Crippen LogP contribution in [0.2, 0.25) is 0 Å². The van der Waals surface area contributed by atoms with Crippen molar-refractivity contribution in [1.82, 2.24) is 10.2 Å². The average molecular weight is 384 g/mol. The summed E-state index contributed by atoms with van der Waals surface area (Å²) in [7, 11) is 0. The first-order valence-corrected chi connectivity index (χ1v) is 9.89. The van der Waals surface area contributed by atoms with Gasteiger partial charge in [0.15, 0.2) is 0 Å². The Bertz CT molecular complexity index is 790. The molecule has 7 heteroatoms. The van der Waals surface area contributed by atoms with Gasteiger partial charge in [-0.05, 0) is 44.9 Å². The largest absolute Gasteiger partial charge is 0.368 e. The number of unbranched alkanes of at least 4 members (excludes halogenated alkanes) is 1. The molecule has 3 amide bonds. The van der Waals surface area contributed by atoms with Crippen molar-refractivity contribution in [3.63, 3.8) is 0 Å². The second-order valence-electron chi connectivity index (χ2n) is 7.21. The second-order valence-corrected chi connectivity index (χ2v) is 7.21. The fraction of sp³-hybridized carbons (Fsp3) is 0.476. The predicted octanol–water partition coefficient (Wildman–Crippen LogP) is 1.57. The summed E-state index contributed by atoms with van der Waals surface area (Å²) in [6, 6.07) is 5.16. The molecule has 0 bridgehead atoms. The highest BCUT2D eigenvalue weighted by molar-refractivity contribution is 6.06. The van der Waals surface area contributed by atoms with Crippen molar-refractivity contribution < 1.29 is 14.4 Å². The number of rotatable bonds is 8. The summed E-state index contributed by atoms with van der Waals surface area (Å²) >= 11 is 0. The Hall–Kier alpha value is -2.67. The number of nitrogens with zero attached hydrogens (tertiary/aromatic N) is 2. The molecule has 1 saturated heterocycles. The van der Waals surface area contributed by atoms with E-state index in [-0.39, 0.29) is 24.1 Å². The standard InChI is InChI=1S/C21H28N4O3/c1-2-3-12-24(13-5-4-11-22)17-8-6-7-15-16(17)14-25(21(15)28)18-9-10-19(26)23-20(18)27/h2-3,6-8,18H,4-5,9-14,22H2,1H3,(H,23,26,27)/b3-2+. The fourth-order valence-corrected chi connectivity index (χ4v) is 3.86. The van der Waals surface area contributed by atoms with E-state index in [9.17, 15) is 14.4 Å². The Labute approximate surface area is 165 Å². The molecule has 1 aromatic rings. The summed E-state index contributed by atoms with van der Waals surface area (Å²) in [5.41, 5.74) is 8.26. The molecule has 2 aliphatic rings. The molecule has 150 valence electrons. The molecule has 1 unspecified atom stereocenters. The van der Waals surface area contributed by atoms with Crippen LogP contribution < -0.4 is 16.0 Å². The molecule has 7 nitrogen and oxygen atoms in total. The first kappa shape index (κ1) is 20.1. The van der Waals surface area contributed by atoms with Crippen LogP contribution in [-0.4, -0.2) is 48.3 Å². The Morgan fingerprint density at radius 2 is 2.11 bits per heavy atom. The zero-order valence-electron chi connectivity index (χ0n) is 16.3. The molecule has 1 atom stereocenters. The molecule has 1 fully saturated rings. The minimum atomic E-state index is -0.591. The molecule has 0 aromatic heterocycles. The summed E-state index contributed by atoms with van der Waals surface area (Å²) in [6.07, 6.45) is 6.66. The van der Waals surface area contributed by atoms with Crippen LogP contribution in [0.1, 0.15) is 48.5 Å². The van der Waals surface area contributed by atoms with Crippen molar-refractivity contribution in [3.05, 3.63) is 41.5 Å². The van der Waals surface area contributed by atoms with Crippen molar-refractivity contribution in [2.75, 3.05) is 24.5 Å². The quantitative estimate of drug-likeness (QED) is 0.403. The van der Waals surface area contributed by atoms with Crippen LogP contribution in [0, 0.1) is 0 Å². The highest BCUT2D eigenvalue weighted by atomic mass is 16.2. The average Bonchev–Trinajstić information content (AvgIpc) is 3.01. The van der Waals surface area contributed by atoms with Crippen LogP contribution in [0.25, 0.3) is 0 Å². The van der Waals surface area contributed by atoms with E-state index in [2.05, 4.69) is 16.3 Å². The van der Waals surface area contributed by atoms with Gasteiger partial charge in [0.2, 0.25) is 11.8 Å². The minimum absolute atomic E-state index is 0.140. The second kappa shape index (κ2) is 9.01. The highest BCUT2D eigenvalue weighted by Gasteiger charge is 2.40. The molecule has 3 rings (SSSR count). The maximum absolute atomic E-state index is 13.0. The lowest BCUT2D eigenvalue weighted by Gasteiger charge is -2.30. The van der Waals surface area contributed by atoms with Crippen molar-refractivity contribution in [3.8, 4) is 0 Å². The van der Waals surface area contributed by atoms with Gasteiger partial charge in [-0.15, -0.1) is 0 Å². The number of benzene rings is 1. The van der Waals surface area contributed by atoms with E-state index in [0.717, 1.165) is 37.2 Å². The molecule has 0 saturated carbocycles. The third-order valence-corrected chi connectivity index (χ3v) is 5.34. The number of carbonyl (C=O) groups is 3. The molecule has 2 aliphatic heterocycles. The molecule has 1 aromatic carbocycles. The van der Waals surface area contributed by atoms with Gasteiger partial charge in [0.1, 0.15) is 6.04 Å². The van der Waals surface area contributed by atoms with E-state index in [1.54, 1.807) is 4.90 Å². The SMILES string of the molecule is C/C=C/CN(CCCCN)c1cccc2c1CN(C1CCC(=O)NC1=O)C2=O. The minimum Gasteiger partial charge on any atom is -0.368 e. The van der Waals surface area contributed by atoms with Crippen LogP contribution in [0.4, 0.5) is 5.69 Å². The monoisotopic (exact) mass is 384 g/mol. The first-order valence-electron chi connectivity index (χ1n) is 9.89. The number of allylic oxidation sites excluding steroid dienone is 1. The summed E-state index contributed by atoms with van der Waals surface area (Å²) in [4.78, 5) is 40.6. The van der Waals surface area contributed by atoms with E-state index in [1.165, 1.54) is 0 Å². The summed E-state index contributed by atoms with van der Waals surface area (Å²) < 4.78 is 0. The van der Waals surface area contributed by atoms with Gasteiger partial charge < -0.3 is 15.5 Å². The number of hydrogen-bond acceptors (Lipinski definition) is 5. The van der Waals surface area contributed by atoms with Crippen LogP contribution >= 0.6 is 0 Å². The molecule has 0 radical (unpaired) electrons. The van der Waals surface area contributed by atoms with Gasteiger partial charge in [0, 0.05) is 42.9 Å². The number of fused-ring (bicyclic) bond motifs is 1. The Morgan fingerprint density at radius 3 is 2.82 bits per heavy atom. The maximum atomic E-state index is 13.0. The third kappa shape index (κ3) is 4.09. The van der Waals surface area contributed by atoms with Gasteiger partial charge in [0.05, 0.1) is 0 Å². The third-order valence-electron chi connectivity index (χ3n) is 5.34. The van der Waals surface area contributed by atoms with Gasteiger partial charge in [-0.3, -0.25) is 19.7 Å². The molecule has 2 heterocycles. The van der Waals surface area contributed by atoms with Crippen LogP contribution in [0.15, 0.2) is 30.4 Å². The van der Waals surface area contributed by atoms with Crippen molar-refractivity contribution in [2.24, 2.45) is 5.73 Å². The number of nitrogens with one attached hydrogen (secondary N) is 1. The van der Waals surface area contributed by atoms with Gasteiger partial charge in [-0.2, -0.15) is 0 Å². The summed E-state index contributed by atoms with van der Waals surface area (Å²) in [6.45, 7) is 4.64. The highest BCUT2D eigenvalue weighted by Crippen LogP contribution is 2.34. The van der Waals surface area contributed by atoms with Crippen molar-refractivity contribution in [1.29, 1.82) is 0 Å². The Morgan fingerprint density at radius 1 is 1.29 bits per heavy atom. The lowest BCUT2D eigenvalue weighted by molar-refractivity contribution is -0.136. The van der Waals surface area contributed by atoms with E-state index < -0.39 is 6.04 Å². The molecular formula is C21H28N4O3. The fourth-order valence-electron chi connectivity index (χ4n) is 3.86. The molecule has 0 aliphatic carbocycles. The normalized spacial score (nSPS) is 19.3. The van der Waals surface area contributed by atoms with E-state index in [4.69, 9.17) is 5.73 Å². The van der Waals surface area contributed by atoms with E-state index >= 15 is 0 Å². The van der Waals surface area contributed by atoms with Crippen LogP contribution in [0.5, 0.6) is 0 Å². The van der Waals surface area contributed by atoms with Crippen molar-refractivity contribution >= 4 is 23.4 Å². The number of hydrogen-bond donors (Lipinski definition) is 2. The zero-order chi connectivity index (χ0) is 20.1. The predicted molar refractivity (Wildman–Crippen MR) is 108 cm³/mol. The maximum Gasteiger partial charge on any atom is 0.255 e. The molecular weight excluding hydrogens is 356 g/mol. The number of piperidine rings is 1. The number of nitrogens with two attached hydrogens (primary N) is 1. The lowest BCUT2D eigenvalue weighted by Crippen LogP contribution is -2.52. The van der Waals surface area contributed by atoms with Crippen molar-refractivity contribution in [2.45, 2.75) is 45.2 Å². The Kier molecular flexibility index (Phi) is 6.46. The van der Waals surface area contributed by atoms with Gasteiger partial charge in [-0.1, -0.05) is 18.2 Å².